The second-order valence-electron chi connectivity index (χ2n) is 6.02. The van der Waals surface area contributed by atoms with Crippen LogP contribution in [0.15, 0.2) is 17.5 Å². The molecule has 0 radical (unpaired) electrons. The summed E-state index contributed by atoms with van der Waals surface area (Å²) in [5.41, 5.74) is 1.50. The first-order chi connectivity index (χ1) is 9.86. The number of carbonyl (C=O) groups excluding carboxylic acids is 1. The number of fused-ring (bicyclic) bond motifs is 1. The number of thiophene rings is 1. The van der Waals surface area contributed by atoms with Gasteiger partial charge in [0.05, 0.1) is 27.6 Å². The second-order valence-corrected chi connectivity index (χ2v) is 8.42. The fourth-order valence-electron chi connectivity index (χ4n) is 2.32. The Morgan fingerprint density at radius 1 is 1.43 bits per heavy atom. The average molecular weight is 323 g/mol. The van der Waals surface area contributed by atoms with E-state index in [1.165, 1.54) is 11.3 Å². The van der Waals surface area contributed by atoms with Crippen molar-refractivity contribution in [1.82, 2.24) is 9.78 Å². The third-order valence-corrected chi connectivity index (χ3v) is 5.36. The smallest absolute Gasteiger partial charge is 0.266 e. The van der Waals surface area contributed by atoms with Crippen molar-refractivity contribution in [2.75, 3.05) is 5.32 Å². The van der Waals surface area contributed by atoms with Gasteiger partial charge in [-0.05, 0) is 32.2 Å². The summed E-state index contributed by atoms with van der Waals surface area (Å²) in [6.45, 7) is 6.10. The first kappa shape index (κ1) is 14.5. The molecule has 1 N–H and O–H groups in total. The van der Waals surface area contributed by atoms with Crippen LogP contribution in [0.2, 0.25) is 0 Å². The van der Waals surface area contributed by atoms with Crippen molar-refractivity contribution in [1.29, 1.82) is 0 Å². The molecule has 0 saturated carbocycles. The average Bonchev–Trinajstić information content (AvgIpc) is 3.05. The molecule has 0 aliphatic carbocycles. The number of hydrogen-bond donors (Lipinski definition) is 1. The molecule has 0 saturated heterocycles. The first-order valence-corrected chi connectivity index (χ1v) is 9.04. The van der Waals surface area contributed by atoms with Crippen LogP contribution in [0.3, 0.4) is 0 Å². The van der Waals surface area contributed by atoms with Gasteiger partial charge in [-0.2, -0.15) is 5.10 Å². The molecule has 1 aliphatic heterocycles. The van der Waals surface area contributed by atoms with Crippen molar-refractivity contribution in [2.45, 2.75) is 37.8 Å². The van der Waals surface area contributed by atoms with E-state index in [0.717, 1.165) is 11.3 Å². The standard InChI is InChI=1S/C14H17N3O2S2/c1-14(2,3)17-12(9-7-21(19)8-10(9)16-17)15-13(18)11-5-4-6-20-11/h4-6H,7-8H2,1-3H3,(H,15,18)/t21-/m1/s1. The van der Waals surface area contributed by atoms with Gasteiger partial charge in [0.15, 0.2) is 0 Å². The Hall–Kier alpha value is -1.47. The molecule has 5 nitrogen and oxygen atoms in total. The quantitative estimate of drug-likeness (QED) is 0.924. The van der Waals surface area contributed by atoms with Crippen LogP contribution in [-0.4, -0.2) is 19.9 Å². The number of nitrogens with zero attached hydrogens (tertiary/aromatic N) is 2. The van der Waals surface area contributed by atoms with E-state index in [1.54, 1.807) is 6.07 Å². The lowest BCUT2D eigenvalue weighted by Crippen LogP contribution is -2.27. The van der Waals surface area contributed by atoms with E-state index in [4.69, 9.17) is 0 Å². The topological polar surface area (TPSA) is 64.0 Å². The largest absolute Gasteiger partial charge is 0.306 e. The Labute approximate surface area is 129 Å². The van der Waals surface area contributed by atoms with Crippen LogP contribution < -0.4 is 5.32 Å². The molecule has 1 aliphatic rings. The Kier molecular flexibility index (Phi) is 3.49. The molecule has 3 heterocycles. The maximum absolute atomic E-state index is 12.3. The zero-order valence-electron chi connectivity index (χ0n) is 12.2. The van der Waals surface area contributed by atoms with Crippen molar-refractivity contribution in [3.63, 3.8) is 0 Å². The maximum Gasteiger partial charge on any atom is 0.266 e. The highest BCUT2D eigenvalue weighted by atomic mass is 32.2. The third kappa shape index (κ3) is 2.67. The van der Waals surface area contributed by atoms with Crippen LogP contribution in [0.4, 0.5) is 5.82 Å². The maximum atomic E-state index is 12.3. The Bertz CT molecular complexity index is 711. The molecule has 21 heavy (non-hydrogen) atoms. The fraction of sp³-hybridized carbons (Fsp3) is 0.429. The fourth-order valence-corrected chi connectivity index (χ4v) is 4.20. The van der Waals surface area contributed by atoms with Gasteiger partial charge in [0.25, 0.3) is 5.91 Å². The molecule has 2 aromatic heterocycles. The summed E-state index contributed by atoms with van der Waals surface area (Å²) in [5, 5.41) is 9.39. The summed E-state index contributed by atoms with van der Waals surface area (Å²) < 4.78 is 13.6. The van der Waals surface area contributed by atoms with E-state index in [1.807, 2.05) is 36.9 Å². The number of carbonyl (C=O) groups is 1. The van der Waals surface area contributed by atoms with Crippen LogP contribution in [0.5, 0.6) is 0 Å². The van der Waals surface area contributed by atoms with E-state index in [9.17, 15) is 9.00 Å². The molecule has 7 heteroatoms. The van der Waals surface area contributed by atoms with Gasteiger partial charge in [-0.3, -0.25) is 9.00 Å². The first-order valence-electron chi connectivity index (χ1n) is 6.67. The molecule has 1 atom stereocenters. The van der Waals surface area contributed by atoms with Crippen molar-refractivity contribution in [3.8, 4) is 0 Å². The minimum absolute atomic E-state index is 0.143. The van der Waals surface area contributed by atoms with Gasteiger partial charge in [0.1, 0.15) is 5.82 Å². The van der Waals surface area contributed by atoms with Crippen molar-refractivity contribution >= 4 is 33.9 Å². The molecule has 112 valence electrons. The van der Waals surface area contributed by atoms with Gasteiger partial charge in [0, 0.05) is 16.4 Å². The van der Waals surface area contributed by atoms with Crippen molar-refractivity contribution in [3.05, 3.63) is 33.6 Å². The zero-order valence-corrected chi connectivity index (χ0v) is 13.8. The monoisotopic (exact) mass is 323 g/mol. The number of aromatic nitrogens is 2. The molecular formula is C14H17N3O2S2. The number of amides is 1. The highest BCUT2D eigenvalue weighted by molar-refractivity contribution is 7.83. The van der Waals surface area contributed by atoms with Crippen LogP contribution in [0, 0.1) is 0 Å². The number of anilines is 1. The lowest BCUT2D eigenvalue weighted by molar-refractivity contribution is 0.102. The van der Waals surface area contributed by atoms with Crippen LogP contribution >= 0.6 is 11.3 Å². The van der Waals surface area contributed by atoms with Gasteiger partial charge in [-0.15, -0.1) is 11.3 Å². The Morgan fingerprint density at radius 3 is 2.81 bits per heavy atom. The second kappa shape index (κ2) is 5.06. The molecule has 0 bridgehead atoms. The molecule has 0 unspecified atom stereocenters. The highest BCUT2D eigenvalue weighted by Crippen LogP contribution is 2.33. The number of nitrogens with one attached hydrogen (secondary N) is 1. The van der Waals surface area contributed by atoms with E-state index < -0.39 is 10.8 Å². The zero-order chi connectivity index (χ0) is 15.2. The Morgan fingerprint density at radius 2 is 2.19 bits per heavy atom. The summed E-state index contributed by atoms with van der Waals surface area (Å²) in [6, 6.07) is 3.64. The molecule has 1 amide bonds. The van der Waals surface area contributed by atoms with Crippen molar-refractivity contribution < 1.29 is 9.00 Å². The lowest BCUT2D eigenvalue weighted by Gasteiger charge is -2.23. The predicted octanol–water partition coefficient (Wildman–Crippen LogP) is 2.71. The molecule has 3 rings (SSSR count). The number of rotatable bonds is 2. The summed E-state index contributed by atoms with van der Waals surface area (Å²) >= 11 is 1.40. The van der Waals surface area contributed by atoms with Gasteiger partial charge in [-0.25, -0.2) is 4.68 Å². The summed E-state index contributed by atoms with van der Waals surface area (Å²) in [5.74, 6) is 1.48. The summed E-state index contributed by atoms with van der Waals surface area (Å²) in [7, 11) is -0.910. The van der Waals surface area contributed by atoms with E-state index in [2.05, 4.69) is 10.4 Å². The minimum Gasteiger partial charge on any atom is -0.306 e. The highest BCUT2D eigenvalue weighted by Gasteiger charge is 2.31. The van der Waals surface area contributed by atoms with Gasteiger partial charge in [-0.1, -0.05) is 6.07 Å². The molecular weight excluding hydrogens is 306 g/mol. The van der Waals surface area contributed by atoms with Gasteiger partial charge >= 0.3 is 0 Å². The lowest BCUT2D eigenvalue weighted by atomic mass is 10.1. The van der Waals surface area contributed by atoms with E-state index >= 15 is 0 Å². The minimum atomic E-state index is -0.910. The van der Waals surface area contributed by atoms with Gasteiger partial charge < -0.3 is 5.32 Å². The molecule has 0 spiro atoms. The van der Waals surface area contributed by atoms with Crippen LogP contribution in [0.1, 0.15) is 41.7 Å². The van der Waals surface area contributed by atoms with Crippen LogP contribution in [-0.2, 0) is 27.8 Å². The molecule has 2 aromatic rings. The predicted molar refractivity (Wildman–Crippen MR) is 85.0 cm³/mol. The van der Waals surface area contributed by atoms with Gasteiger partial charge in [0.2, 0.25) is 0 Å². The van der Waals surface area contributed by atoms with E-state index in [-0.39, 0.29) is 11.4 Å². The normalized spacial score (nSPS) is 17.8. The molecule has 0 aromatic carbocycles. The third-order valence-electron chi connectivity index (χ3n) is 3.28. The Balaban J connectivity index is 2.00. The van der Waals surface area contributed by atoms with Crippen molar-refractivity contribution in [2.24, 2.45) is 0 Å². The number of hydrogen-bond acceptors (Lipinski definition) is 4. The van der Waals surface area contributed by atoms with E-state index in [0.29, 0.717) is 22.2 Å². The SMILES string of the molecule is CC(C)(C)n1nc2c(c1NC(=O)c1cccs1)C[S@@](=O)C2. The van der Waals surface area contributed by atoms with Crippen LogP contribution in [0.25, 0.3) is 0 Å². The summed E-state index contributed by atoms with van der Waals surface area (Å²) in [6.07, 6.45) is 0. The molecule has 0 fully saturated rings. The summed E-state index contributed by atoms with van der Waals surface area (Å²) in [4.78, 5) is 13.0.